The minimum Gasteiger partial charge on any atom is -0.384 e. The maximum absolute atomic E-state index is 13.0. The average Bonchev–Trinajstić information content (AvgIpc) is 2.87. The van der Waals surface area contributed by atoms with Crippen LogP contribution in [0.2, 0.25) is 0 Å². The van der Waals surface area contributed by atoms with Gasteiger partial charge in [0, 0.05) is 12.4 Å². The van der Waals surface area contributed by atoms with Gasteiger partial charge in [0.1, 0.15) is 11.4 Å². The standard InChI is InChI=1S/C15H20FNO2S/c1-14(18,13-3-2-12(16)9-17-13)11-4-6-19-15(8-11)5-7-20-10-15/h2-3,9,11,18H,4-8,10H2,1H3. The molecule has 110 valence electrons. The molecular weight excluding hydrogens is 277 g/mol. The second kappa shape index (κ2) is 5.28. The van der Waals surface area contributed by atoms with Crippen LogP contribution in [0.1, 0.15) is 31.9 Å². The van der Waals surface area contributed by atoms with Crippen LogP contribution in [-0.4, -0.2) is 33.8 Å². The molecule has 0 radical (unpaired) electrons. The Hall–Kier alpha value is -0.650. The van der Waals surface area contributed by atoms with Gasteiger partial charge >= 0.3 is 0 Å². The molecule has 0 amide bonds. The highest BCUT2D eigenvalue weighted by atomic mass is 32.2. The lowest BCUT2D eigenvalue weighted by Gasteiger charge is -2.43. The normalized spacial score (nSPS) is 33.2. The summed E-state index contributed by atoms with van der Waals surface area (Å²) in [4.78, 5) is 4.07. The molecule has 3 nitrogen and oxygen atoms in total. The van der Waals surface area contributed by atoms with Gasteiger partial charge in [-0.3, -0.25) is 4.98 Å². The van der Waals surface area contributed by atoms with Crippen LogP contribution in [-0.2, 0) is 10.3 Å². The number of rotatable bonds is 2. The molecule has 0 bridgehead atoms. The Morgan fingerprint density at radius 1 is 1.55 bits per heavy atom. The lowest BCUT2D eigenvalue weighted by Crippen LogP contribution is -2.46. The molecule has 1 aromatic rings. The van der Waals surface area contributed by atoms with Crippen LogP contribution in [0.3, 0.4) is 0 Å². The monoisotopic (exact) mass is 297 g/mol. The second-order valence-electron chi connectivity index (χ2n) is 6.03. The van der Waals surface area contributed by atoms with Crippen molar-refractivity contribution >= 4 is 11.8 Å². The Bertz CT molecular complexity index is 471. The van der Waals surface area contributed by atoms with Crippen molar-refractivity contribution in [1.29, 1.82) is 0 Å². The molecule has 1 aromatic heterocycles. The van der Waals surface area contributed by atoms with E-state index in [1.165, 1.54) is 12.3 Å². The number of halogens is 1. The zero-order valence-corrected chi connectivity index (χ0v) is 12.5. The maximum atomic E-state index is 13.0. The SMILES string of the molecule is CC(O)(c1ccc(F)cn1)C1CCOC2(CCSC2)C1. The maximum Gasteiger partial charge on any atom is 0.141 e. The predicted octanol–water partition coefficient (Wildman–Crippen LogP) is 2.73. The predicted molar refractivity (Wildman–Crippen MR) is 77.1 cm³/mol. The summed E-state index contributed by atoms with van der Waals surface area (Å²) in [6.45, 7) is 2.47. The molecule has 1 spiro atoms. The van der Waals surface area contributed by atoms with Crippen LogP contribution >= 0.6 is 11.8 Å². The van der Waals surface area contributed by atoms with Gasteiger partial charge in [-0.15, -0.1) is 0 Å². The number of pyridine rings is 1. The van der Waals surface area contributed by atoms with Gasteiger partial charge in [0.05, 0.1) is 17.5 Å². The molecule has 0 saturated carbocycles. The van der Waals surface area contributed by atoms with Crippen molar-refractivity contribution in [2.24, 2.45) is 5.92 Å². The van der Waals surface area contributed by atoms with Crippen molar-refractivity contribution in [1.82, 2.24) is 4.98 Å². The summed E-state index contributed by atoms with van der Waals surface area (Å²) in [6.07, 6.45) is 3.90. The van der Waals surface area contributed by atoms with E-state index in [9.17, 15) is 9.50 Å². The van der Waals surface area contributed by atoms with E-state index >= 15 is 0 Å². The first kappa shape index (κ1) is 14.3. The van der Waals surface area contributed by atoms with Crippen molar-refractivity contribution in [2.75, 3.05) is 18.1 Å². The lowest BCUT2D eigenvalue weighted by molar-refractivity contribution is -0.130. The molecule has 20 heavy (non-hydrogen) atoms. The van der Waals surface area contributed by atoms with Crippen LogP contribution < -0.4 is 0 Å². The zero-order chi connectivity index (χ0) is 14.2. The van der Waals surface area contributed by atoms with E-state index < -0.39 is 5.60 Å². The molecule has 3 unspecified atom stereocenters. The number of hydrogen-bond donors (Lipinski definition) is 1. The molecule has 3 atom stereocenters. The highest BCUT2D eigenvalue weighted by Gasteiger charge is 2.46. The molecule has 3 heterocycles. The minimum absolute atomic E-state index is 0.0718. The highest BCUT2D eigenvalue weighted by Crippen LogP contribution is 2.45. The van der Waals surface area contributed by atoms with Gasteiger partial charge < -0.3 is 9.84 Å². The Balaban J connectivity index is 1.81. The number of aromatic nitrogens is 1. The van der Waals surface area contributed by atoms with Crippen molar-refractivity contribution in [3.63, 3.8) is 0 Å². The van der Waals surface area contributed by atoms with E-state index in [0.29, 0.717) is 12.3 Å². The van der Waals surface area contributed by atoms with E-state index in [2.05, 4.69) is 4.98 Å². The van der Waals surface area contributed by atoms with E-state index in [1.807, 2.05) is 11.8 Å². The fraction of sp³-hybridized carbons (Fsp3) is 0.667. The number of ether oxygens (including phenoxy) is 1. The number of hydrogen-bond acceptors (Lipinski definition) is 4. The lowest BCUT2D eigenvalue weighted by atomic mass is 9.74. The van der Waals surface area contributed by atoms with Crippen LogP contribution in [0.15, 0.2) is 18.3 Å². The molecule has 3 rings (SSSR count). The first-order chi connectivity index (χ1) is 9.52. The fourth-order valence-electron chi connectivity index (χ4n) is 3.26. The van der Waals surface area contributed by atoms with Crippen molar-refractivity contribution in [2.45, 2.75) is 37.4 Å². The Labute approximate surface area is 122 Å². The largest absolute Gasteiger partial charge is 0.384 e. The van der Waals surface area contributed by atoms with Gasteiger partial charge in [-0.05, 0) is 50.0 Å². The number of nitrogens with zero attached hydrogens (tertiary/aromatic N) is 1. The van der Waals surface area contributed by atoms with Gasteiger partial charge in [0.2, 0.25) is 0 Å². The molecule has 2 aliphatic heterocycles. The second-order valence-corrected chi connectivity index (χ2v) is 7.14. The van der Waals surface area contributed by atoms with E-state index in [1.54, 1.807) is 13.0 Å². The summed E-state index contributed by atoms with van der Waals surface area (Å²) in [7, 11) is 0. The topological polar surface area (TPSA) is 42.4 Å². The molecule has 0 aromatic carbocycles. The first-order valence-electron chi connectivity index (χ1n) is 7.08. The Kier molecular flexibility index (Phi) is 3.77. The van der Waals surface area contributed by atoms with Gasteiger partial charge in [-0.2, -0.15) is 11.8 Å². The molecule has 2 saturated heterocycles. The molecule has 1 N–H and O–H groups in total. The molecule has 0 aliphatic carbocycles. The van der Waals surface area contributed by atoms with E-state index in [-0.39, 0.29) is 17.3 Å². The summed E-state index contributed by atoms with van der Waals surface area (Å²) in [5.41, 5.74) is -0.554. The molecule has 5 heteroatoms. The number of aliphatic hydroxyl groups is 1. The van der Waals surface area contributed by atoms with E-state index in [4.69, 9.17) is 4.74 Å². The van der Waals surface area contributed by atoms with Gasteiger partial charge in [0.15, 0.2) is 0 Å². The summed E-state index contributed by atoms with van der Waals surface area (Å²) in [6, 6.07) is 2.94. The zero-order valence-electron chi connectivity index (χ0n) is 11.6. The third-order valence-electron chi connectivity index (χ3n) is 4.60. The fourth-order valence-corrected chi connectivity index (χ4v) is 4.63. The van der Waals surface area contributed by atoms with Crippen LogP contribution in [0.25, 0.3) is 0 Å². The molecule has 2 aliphatic rings. The first-order valence-corrected chi connectivity index (χ1v) is 8.23. The average molecular weight is 297 g/mol. The Morgan fingerprint density at radius 3 is 3.05 bits per heavy atom. The van der Waals surface area contributed by atoms with Crippen LogP contribution in [0.4, 0.5) is 4.39 Å². The smallest absolute Gasteiger partial charge is 0.141 e. The number of thioether (sulfide) groups is 1. The van der Waals surface area contributed by atoms with Crippen LogP contribution in [0.5, 0.6) is 0 Å². The summed E-state index contributed by atoms with van der Waals surface area (Å²) < 4.78 is 19.0. The third kappa shape index (κ3) is 2.59. The van der Waals surface area contributed by atoms with Gasteiger partial charge in [-0.25, -0.2) is 4.39 Å². The van der Waals surface area contributed by atoms with E-state index in [0.717, 1.165) is 30.8 Å². The van der Waals surface area contributed by atoms with Crippen molar-refractivity contribution < 1.29 is 14.2 Å². The highest BCUT2D eigenvalue weighted by molar-refractivity contribution is 7.99. The quantitative estimate of drug-likeness (QED) is 0.911. The Morgan fingerprint density at radius 2 is 2.40 bits per heavy atom. The molecular formula is C15H20FNO2S. The van der Waals surface area contributed by atoms with Crippen molar-refractivity contribution in [3.05, 3.63) is 29.8 Å². The summed E-state index contributed by atoms with van der Waals surface area (Å²) in [5, 5.41) is 10.9. The van der Waals surface area contributed by atoms with Gasteiger partial charge in [-0.1, -0.05) is 0 Å². The summed E-state index contributed by atoms with van der Waals surface area (Å²) in [5.74, 6) is 1.87. The third-order valence-corrected chi connectivity index (χ3v) is 5.82. The minimum atomic E-state index is -1.03. The van der Waals surface area contributed by atoms with Crippen molar-refractivity contribution in [3.8, 4) is 0 Å². The van der Waals surface area contributed by atoms with Gasteiger partial charge in [0.25, 0.3) is 0 Å². The summed E-state index contributed by atoms with van der Waals surface area (Å²) >= 11 is 1.92. The molecule has 2 fully saturated rings. The van der Waals surface area contributed by atoms with Crippen LogP contribution in [0, 0.1) is 11.7 Å².